The zero-order valence-corrected chi connectivity index (χ0v) is 9.65. The van der Waals surface area contributed by atoms with Crippen molar-refractivity contribution in [3.63, 3.8) is 0 Å². The summed E-state index contributed by atoms with van der Waals surface area (Å²) in [5.74, 6) is -0.862. The van der Waals surface area contributed by atoms with Gasteiger partial charge in [0.05, 0.1) is 11.7 Å². The van der Waals surface area contributed by atoms with Crippen molar-refractivity contribution < 1.29 is 13.9 Å². The van der Waals surface area contributed by atoms with E-state index in [4.69, 9.17) is 10.5 Å². The monoisotopic (exact) mass is 238 g/mol. The molecule has 1 atom stereocenters. The lowest BCUT2D eigenvalue weighted by molar-refractivity contribution is 0.0720. The third-order valence-corrected chi connectivity index (χ3v) is 2.99. The van der Waals surface area contributed by atoms with E-state index in [1.807, 2.05) is 0 Å². The Kier molecular flexibility index (Phi) is 3.28. The molecule has 0 spiro atoms. The van der Waals surface area contributed by atoms with Crippen molar-refractivity contribution in [3.8, 4) is 0 Å². The number of methoxy groups -OCH3 is 1. The highest BCUT2D eigenvalue weighted by atomic mass is 19.1. The van der Waals surface area contributed by atoms with Gasteiger partial charge in [0.1, 0.15) is 5.82 Å². The van der Waals surface area contributed by atoms with Crippen LogP contribution in [0.4, 0.5) is 10.1 Å². The van der Waals surface area contributed by atoms with E-state index in [1.54, 1.807) is 12.0 Å². The molecule has 0 aromatic heterocycles. The first-order valence-electron chi connectivity index (χ1n) is 5.49. The average Bonchev–Trinajstić information content (AvgIpc) is 2.80. The largest absolute Gasteiger partial charge is 0.399 e. The third-order valence-electron chi connectivity index (χ3n) is 2.99. The van der Waals surface area contributed by atoms with Crippen LogP contribution >= 0.6 is 0 Å². The van der Waals surface area contributed by atoms with Crippen LogP contribution in [0.15, 0.2) is 18.2 Å². The molecule has 5 heteroatoms. The van der Waals surface area contributed by atoms with E-state index >= 15 is 0 Å². The van der Waals surface area contributed by atoms with Crippen LogP contribution in [0.1, 0.15) is 16.8 Å². The van der Waals surface area contributed by atoms with Gasteiger partial charge in [-0.3, -0.25) is 4.79 Å². The van der Waals surface area contributed by atoms with Crippen LogP contribution in [-0.4, -0.2) is 37.1 Å². The second-order valence-corrected chi connectivity index (χ2v) is 4.14. The molecule has 1 aromatic rings. The van der Waals surface area contributed by atoms with Crippen LogP contribution in [0.5, 0.6) is 0 Å². The number of nitrogens with zero attached hydrogens (tertiary/aromatic N) is 1. The molecule has 1 fully saturated rings. The van der Waals surface area contributed by atoms with Gasteiger partial charge in [-0.25, -0.2) is 4.39 Å². The number of amides is 1. The smallest absolute Gasteiger partial charge is 0.256 e. The van der Waals surface area contributed by atoms with Gasteiger partial charge in [-0.2, -0.15) is 0 Å². The van der Waals surface area contributed by atoms with Crippen LogP contribution in [-0.2, 0) is 4.74 Å². The van der Waals surface area contributed by atoms with E-state index < -0.39 is 5.82 Å². The number of hydrogen-bond acceptors (Lipinski definition) is 3. The minimum Gasteiger partial charge on any atom is -0.399 e. The number of nitrogen functional groups attached to an aromatic ring is 1. The Morgan fingerprint density at radius 2 is 2.35 bits per heavy atom. The first-order valence-corrected chi connectivity index (χ1v) is 5.49. The predicted molar refractivity (Wildman–Crippen MR) is 62.1 cm³/mol. The van der Waals surface area contributed by atoms with Gasteiger partial charge in [0.15, 0.2) is 0 Å². The number of hydrogen-bond donors (Lipinski definition) is 1. The highest BCUT2D eigenvalue weighted by Gasteiger charge is 2.28. The number of ether oxygens (including phenoxy) is 1. The van der Waals surface area contributed by atoms with Gasteiger partial charge < -0.3 is 15.4 Å². The maximum absolute atomic E-state index is 13.5. The Labute approximate surface area is 99.2 Å². The van der Waals surface area contributed by atoms with Crippen molar-refractivity contribution in [2.24, 2.45) is 0 Å². The van der Waals surface area contributed by atoms with Crippen molar-refractivity contribution in [2.45, 2.75) is 12.5 Å². The maximum atomic E-state index is 13.5. The average molecular weight is 238 g/mol. The molecule has 0 bridgehead atoms. The molecular weight excluding hydrogens is 223 g/mol. The van der Waals surface area contributed by atoms with Crippen molar-refractivity contribution in [1.82, 2.24) is 4.90 Å². The topological polar surface area (TPSA) is 55.6 Å². The molecule has 1 heterocycles. The van der Waals surface area contributed by atoms with E-state index in [2.05, 4.69) is 0 Å². The van der Waals surface area contributed by atoms with Crippen molar-refractivity contribution in [1.29, 1.82) is 0 Å². The quantitative estimate of drug-likeness (QED) is 0.789. The number of likely N-dealkylation sites (tertiary alicyclic amines) is 1. The zero-order chi connectivity index (χ0) is 12.4. The van der Waals surface area contributed by atoms with E-state index in [-0.39, 0.29) is 17.6 Å². The summed E-state index contributed by atoms with van der Waals surface area (Å²) in [6.45, 7) is 1.09. The van der Waals surface area contributed by atoms with Crippen LogP contribution in [0.25, 0.3) is 0 Å². The number of carbonyl (C=O) groups is 1. The number of nitrogens with two attached hydrogens (primary N) is 1. The van der Waals surface area contributed by atoms with Gasteiger partial charge in [-0.1, -0.05) is 0 Å². The summed E-state index contributed by atoms with van der Waals surface area (Å²) in [4.78, 5) is 13.6. The first kappa shape index (κ1) is 11.9. The van der Waals surface area contributed by atoms with Gasteiger partial charge in [0.25, 0.3) is 5.91 Å². The van der Waals surface area contributed by atoms with E-state index in [0.717, 1.165) is 6.42 Å². The maximum Gasteiger partial charge on any atom is 0.256 e. The Morgan fingerprint density at radius 3 is 3.00 bits per heavy atom. The Morgan fingerprint density at radius 1 is 1.59 bits per heavy atom. The van der Waals surface area contributed by atoms with Gasteiger partial charge in [-0.15, -0.1) is 0 Å². The SMILES string of the molecule is COC1CCN(C(=O)c2cc(N)ccc2F)C1. The van der Waals surface area contributed by atoms with Crippen LogP contribution in [0.3, 0.4) is 0 Å². The summed E-state index contributed by atoms with van der Waals surface area (Å²) in [5.41, 5.74) is 5.97. The highest BCUT2D eigenvalue weighted by molar-refractivity contribution is 5.95. The molecule has 1 aliphatic heterocycles. The molecule has 1 aliphatic rings. The number of benzene rings is 1. The van der Waals surface area contributed by atoms with E-state index in [9.17, 15) is 9.18 Å². The zero-order valence-electron chi connectivity index (χ0n) is 9.65. The number of carbonyl (C=O) groups excluding carboxylic acids is 1. The predicted octanol–water partition coefficient (Wildman–Crippen LogP) is 1.27. The van der Waals surface area contributed by atoms with Crippen LogP contribution in [0, 0.1) is 5.82 Å². The number of anilines is 1. The Hall–Kier alpha value is -1.62. The van der Waals surface area contributed by atoms with Crippen LogP contribution in [0.2, 0.25) is 0 Å². The minimum absolute atomic E-state index is 0.0294. The molecule has 4 nitrogen and oxygen atoms in total. The molecule has 92 valence electrons. The Bertz CT molecular complexity index is 437. The van der Waals surface area contributed by atoms with Crippen molar-refractivity contribution >= 4 is 11.6 Å². The highest BCUT2D eigenvalue weighted by Crippen LogP contribution is 2.19. The fourth-order valence-corrected chi connectivity index (χ4v) is 1.98. The summed E-state index contributed by atoms with van der Waals surface area (Å²) >= 11 is 0. The second-order valence-electron chi connectivity index (χ2n) is 4.14. The molecule has 17 heavy (non-hydrogen) atoms. The molecule has 1 amide bonds. The molecule has 1 aromatic carbocycles. The van der Waals surface area contributed by atoms with Gasteiger partial charge in [-0.05, 0) is 24.6 Å². The van der Waals surface area contributed by atoms with E-state index in [1.165, 1.54) is 18.2 Å². The molecular formula is C12H15FN2O2. The van der Waals surface area contributed by atoms with Gasteiger partial charge in [0.2, 0.25) is 0 Å². The normalized spacial score (nSPS) is 19.6. The molecule has 2 rings (SSSR count). The lowest BCUT2D eigenvalue weighted by Crippen LogP contribution is -2.30. The lowest BCUT2D eigenvalue weighted by atomic mass is 10.1. The fourth-order valence-electron chi connectivity index (χ4n) is 1.98. The molecule has 1 unspecified atom stereocenters. The standard InChI is InChI=1S/C12H15FN2O2/c1-17-9-4-5-15(7-9)12(16)10-6-8(14)2-3-11(10)13/h2-3,6,9H,4-5,7,14H2,1H3. The molecule has 2 N–H and O–H groups in total. The second kappa shape index (κ2) is 4.71. The van der Waals surface area contributed by atoms with E-state index in [0.29, 0.717) is 18.8 Å². The fraction of sp³-hybridized carbons (Fsp3) is 0.417. The minimum atomic E-state index is -0.537. The molecule has 0 radical (unpaired) electrons. The first-order chi connectivity index (χ1) is 8.11. The summed E-state index contributed by atoms with van der Waals surface area (Å²) in [6.07, 6.45) is 0.828. The van der Waals surface area contributed by atoms with Crippen LogP contribution < -0.4 is 5.73 Å². The van der Waals surface area contributed by atoms with Crippen molar-refractivity contribution in [2.75, 3.05) is 25.9 Å². The lowest BCUT2D eigenvalue weighted by Gasteiger charge is -2.16. The molecule has 1 saturated heterocycles. The summed E-state index contributed by atoms with van der Waals surface area (Å²) in [7, 11) is 1.61. The van der Waals surface area contributed by atoms with Gasteiger partial charge in [0, 0.05) is 25.9 Å². The summed E-state index contributed by atoms with van der Waals surface area (Å²) < 4.78 is 18.7. The summed E-state index contributed by atoms with van der Waals surface area (Å²) in [5, 5.41) is 0. The van der Waals surface area contributed by atoms with Crippen molar-refractivity contribution in [3.05, 3.63) is 29.6 Å². The number of halogens is 1. The molecule has 0 saturated carbocycles. The summed E-state index contributed by atoms with van der Waals surface area (Å²) in [6, 6.07) is 4.03. The Balaban J connectivity index is 2.17. The number of rotatable bonds is 2. The third kappa shape index (κ3) is 2.39. The molecule has 0 aliphatic carbocycles. The van der Waals surface area contributed by atoms with Gasteiger partial charge >= 0.3 is 0 Å².